The Balaban J connectivity index is 1.50. The van der Waals surface area contributed by atoms with Gasteiger partial charge < -0.3 is 10.6 Å². The van der Waals surface area contributed by atoms with Crippen molar-refractivity contribution in [2.75, 3.05) is 10.6 Å². The minimum Gasteiger partial charge on any atom is -0.365 e. The number of benzene rings is 2. The van der Waals surface area contributed by atoms with Crippen LogP contribution in [0.1, 0.15) is 5.56 Å². The molecule has 0 atom stereocenters. The Morgan fingerprint density at radius 3 is 2.77 bits per heavy atom. The van der Waals surface area contributed by atoms with Gasteiger partial charge in [-0.2, -0.15) is 10.1 Å². The van der Waals surface area contributed by atoms with Crippen molar-refractivity contribution in [1.82, 2.24) is 20.2 Å². The normalized spacial score (nSPS) is 10.8. The van der Waals surface area contributed by atoms with Crippen molar-refractivity contribution >= 4 is 44.3 Å². The van der Waals surface area contributed by atoms with E-state index in [1.54, 1.807) is 24.5 Å². The Labute approximate surface area is 157 Å². The van der Waals surface area contributed by atoms with Gasteiger partial charge in [-0.3, -0.25) is 5.10 Å². The van der Waals surface area contributed by atoms with Gasteiger partial charge in [-0.15, -0.1) is 0 Å². The second-order valence-corrected chi connectivity index (χ2v) is 6.52. The van der Waals surface area contributed by atoms with Gasteiger partial charge in [-0.25, -0.2) is 9.37 Å². The van der Waals surface area contributed by atoms with Crippen molar-refractivity contribution in [3.63, 3.8) is 0 Å². The third-order valence-corrected chi connectivity index (χ3v) is 4.39. The van der Waals surface area contributed by atoms with Crippen molar-refractivity contribution in [2.45, 2.75) is 6.54 Å². The summed E-state index contributed by atoms with van der Waals surface area (Å²) in [6, 6.07) is 12.2. The standard InChI is InChI=1S/C18H14BrFN6/c19-15-10-22-18(24-14-5-6-16-12(7-14)9-23-26-16)25-17(15)21-8-11-1-3-13(20)4-2-11/h1-7,9-10H,8H2,(H,23,26)(H2,21,22,24,25). The van der Waals surface area contributed by atoms with Crippen molar-refractivity contribution < 1.29 is 4.39 Å². The fourth-order valence-electron chi connectivity index (χ4n) is 2.49. The highest BCUT2D eigenvalue weighted by atomic mass is 79.9. The quantitative estimate of drug-likeness (QED) is 0.446. The number of nitrogens with zero attached hydrogens (tertiary/aromatic N) is 3. The van der Waals surface area contributed by atoms with Crippen LogP contribution in [0.15, 0.2) is 59.3 Å². The number of hydrogen-bond acceptors (Lipinski definition) is 5. The van der Waals surface area contributed by atoms with Gasteiger partial charge in [-0.1, -0.05) is 12.1 Å². The summed E-state index contributed by atoms with van der Waals surface area (Å²) in [7, 11) is 0. The Hall–Kier alpha value is -3.00. The first kappa shape index (κ1) is 16.5. The zero-order chi connectivity index (χ0) is 17.9. The highest BCUT2D eigenvalue weighted by Crippen LogP contribution is 2.24. The van der Waals surface area contributed by atoms with Crippen LogP contribution in [0.2, 0.25) is 0 Å². The molecule has 0 radical (unpaired) electrons. The van der Waals surface area contributed by atoms with E-state index in [2.05, 4.69) is 46.7 Å². The van der Waals surface area contributed by atoms with Crippen LogP contribution in [0.3, 0.4) is 0 Å². The molecule has 0 saturated heterocycles. The molecular formula is C18H14BrFN6. The molecule has 2 aromatic heterocycles. The third-order valence-electron chi connectivity index (χ3n) is 3.81. The van der Waals surface area contributed by atoms with Crippen molar-refractivity contribution in [2.24, 2.45) is 0 Å². The second kappa shape index (κ2) is 7.09. The summed E-state index contributed by atoms with van der Waals surface area (Å²) in [6.07, 6.45) is 3.44. The second-order valence-electron chi connectivity index (χ2n) is 5.67. The summed E-state index contributed by atoms with van der Waals surface area (Å²) in [5.74, 6) is 0.868. The van der Waals surface area contributed by atoms with Crippen LogP contribution in [0.25, 0.3) is 10.9 Å². The smallest absolute Gasteiger partial charge is 0.229 e. The van der Waals surface area contributed by atoms with Crippen LogP contribution in [0.5, 0.6) is 0 Å². The van der Waals surface area contributed by atoms with Gasteiger partial charge in [0.15, 0.2) is 0 Å². The maximum absolute atomic E-state index is 13.0. The first-order valence-electron chi connectivity index (χ1n) is 7.88. The molecule has 0 saturated carbocycles. The van der Waals surface area contributed by atoms with E-state index in [-0.39, 0.29) is 5.82 Å². The molecule has 2 aromatic carbocycles. The lowest BCUT2D eigenvalue weighted by molar-refractivity contribution is 0.627. The molecule has 0 unspecified atom stereocenters. The number of halogens is 2. The van der Waals surface area contributed by atoms with E-state index in [0.29, 0.717) is 18.3 Å². The first-order chi connectivity index (χ1) is 12.7. The molecule has 0 spiro atoms. The number of fused-ring (bicyclic) bond motifs is 1. The Bertz CT molecular complexity index is 1050. The minimum absolute atomic E-state index is 0.252. The highest BCUT2D eigenvalue weighted by molar-refractivity contribution is 9.10. The van der Waals surface area contributed by atoms with Crippen molar-refractivity contribution in [3.8, 4) is 0 Å². The van der Waals surface area contributed by atoms with Gasteiger partial charge >= 0.3 is 0 Å². The van der Waals surface area contributed by atoms with Crippen molar-refractivity contribution in [3.05, 3.63) is 70.7 Å². The van der Waals surface area contributed by atoms with Gasteiger partial charge in [0, 0.05) is 23.8 Å². The summed E-state index contributed by atoms with van der Waals surface area (Å²) >= 11 is 3.44. The summed E-state index contributed by atoms with van der Waals surface area (Å²) in [4.78, 5) is 8.78. The molecule has 0 aliphatic rings. The lowest BCUT2D eigenvalue weighted by atomic mass is 10.2. The van der Waals surface area contributed by atoms with E-state index in [1.165, 1.54) is 12.1 Å². The molecule has 0 aliphatic carbocycles. The summed E-state index contributed by atoms with van der Waals surface area (Å²) in [5.41, 5.74) is 2.79. The van der Waals surface area contributed by atoms with Crippen LogP contribution in [-0.4, -0.2) is 20.2 Å². The van der Waals surface area contributed by atoms with E-state index < -0.39 is 0 Å². The van der Waals surface area contributed by atoms with Crippen molar-refractivity contribution in [1.29, 1.82) is 0 Å². The minimum atomic E-state index is -0.252. The molecule has 4 aromatic rings. The monoisotopic (exact) mass is 412 g/mol. The molecule has 2 heterocycles. The molecule has 26 heavy (non-hydrogen) atoms. The third kappa shape index (κ3) is 3.65. The number of hydrogen-bond donors (Lipinski definition) is 3. The lowest BCUT2D eigenvalue weighted by Crippen LogP contribution is -2.05. The molecule has 4 rings (SSSR count). The predicted molar refractivity (Wildman–Crippen MR) is 103 cm³/mol. The highest BCUT2D eigenvalue weighted by Gasteiger charge is 2.06. The molecular weight excluding hydrogens is 399 g/mol. The van der Waals surface area contributed by atoms with E-state index in [4.69, 9.17) is 0 Å². The number of anilines is 3. The van der Waals surface area contributed by atoms with Crippen LogP contribution in [0.4, 0.5) is 21.8 Å². The fourth-order valence-corrected chi connectivity index (χ4v) is 2.82. The fraction of sp³-hybridized carbons (Fsp3) is 0.0556. The largest absolute Gasteiger partial charge is 0.365 e. The van der Waals surface area contributed by atoms with E-state index in [1.807, 2.05) is 18.2 Å². The van der Waals surface area contributed by atoms with Crippen LogP contribution < -0.4 is 10.6 Å². The number of nitrogens with one attached hydrogen (secondary N) is 3. The zero-order valence-electron chi connectivity index (χ0n) is 13.5. The van der Waals surface area contributed by atoms with Gasteiger partial charge in [0.05, 0.1) is 16.2 Å². The van der Waals surface area contributed by atoms with E-state index >= 15 is 0 Å². The van der Waals surface area contributed by atoms with Crippen LogP contribution >= 0.6 is 15.9 Å². The van der Waals surface area contributed by atoms with E-state index in [9.17, 15) is 4.39 Å². The Morgan fingerprint density at radius 2 is 1.92 bits per heavy atom. The lowest BCUT2D eigenvalue weighted by Gasteiger charge is -2.10. The molecule has 130 valence electrons. The summed E-state index contributed by atoms with van der Waals surface area (Å²) in [6.45, 7) is 0.524. The number of aromatic nitrogens is 4. The topological polar surface area (TPSA) is 78.5 Å². The zero-order valence-corrected chi connectivity index (χ0v) is 15.1. The van der Waals surface area contributed by atoms with Gasteiger partial charge in [0.1, 0.15) is 11.6 Å². The summed E-state index contributed by atoms with van der Waals surface area (Å²) in [5, 5.41) is 14.3. The molecule has 6 nitrogen and oxygen atoms in total. The SMILES string of the molecule is Fc1ccc(CNc2nc(Nc3ccc4[nH]ncc4c3)ncc2Br)cc1. The average Bonchev–Trinajstić information content (AvgIpc) is 3.11. The summed E-state index contributed by atoms with van der Waals surface area (Å²) < 4.78 is 13.7. The maximum atomic E-state index is 13.0. The molecule has 3 N–H and O–H groups in total. The first-order valence-corrected chi connectivity index (χ1v) is 8.68. The molecule has 0 fully saturated rings. The Kier molecular flexibility index (Phi) is 4.49. The Morgan fingerprint density at radius 1 is 1.08 bits per heavy atom. The predicted octanol–water partition coefficient (Wildman–Crippen LogP) is 4.61. The molecule has 0 amide bonds. The number of aromatic amines is 1. The van der Waals surface area contributed by atoms with E-state index in [0.717, 1.165) is 26.6 Å². The average molecular weight is 413 g/mol. The van der Waals surface area contributed by atoms with Gasteiger partial charge in [0.2, 0.25) is 5.95 Å². The molecule has 8 heteroatoms. The van der Waals surface area contributed by atoms with Gasteiger partial charge in [-0.05, 0) is 51.8 Å². The maximum Gasteiger partial charge on any atom is 0.229 e. The van der Waals surface area contributed by atoms with Gasteiger partial charge in [0.25, 0.3) is 0 Å². The number of rotatable bonds is 5. The molecule has 0 aliphatic heterocycles. The number of H-pyrrole nitrogens is 1. The van der Waals surface area contributed by atoms with Crippen LogP contribution in [0, 0.1) is 5.82 Å². The van der Waals surface area contributed by atoms with Crippen LogP contribution in [-0.2, 0) is 6.54 Å². The molecule has 0 bridgehead atoms.